The van der Waals surface area contributed by atoms with E-state index in [1.807, 2.05) is 6.92 Å². The molecule has 3 heterocycles. The van der Waals surface area contributed by atoms with Crippen molar-refractivity contribution in [1.82, 2.24) is 0 Å². The Hall–Kier alpha value is -1.72. The minimum atomic E-state index is -1.55. The van der Waals surface area contributed by atoms with E-state index < -0.39 is 79.0 Å². The number of cyclic esters (lactones) is 1. The number of hydrogen-bond acceptors (Lipinski definition) is 14. The minimum absolute atomic E-state index is 0.000668. The van der Waals surface area contributed by atoms with Gasteiger partial charge >= 0.3 is 11.9 Å². The van der Waals surface area contributed by atoms with E-state index in [0.29, 0.717) is 24.7 Å². The highest BCUT2D eigenvalue weighted by atomic mass is 16.7. The summed E-state index contributed by atoms with van der Waals surface area (Å²) in [4.78, 5) is 24.4. The van der Waals surface area contributed by atoms with E-state index in [1.54, 1.807) is 7.11 Å². The van der Waals surface area contributed by atoms with Gasteiger partial charge in [0.15, 0.2) is 12.6 Å². The number of methoxy groups -OCH3 is 1. The molecular formula is C38H58O14. The third-order valence-corrected chi connectivity index (χ3v) is 14.6. The molecule has 0 aromatic heterocycles. The van der Waals surface area contributed by atoms with Crippen molar-refractivity contribution in [2.45, 2.75) is 159 Å². The molecule has 2 saturated heterocycles. The molecule has 4 aliphatic carbocycles. The van der Waals surface area contributed by atoms with Gasteiger partial charge in [-0.25, -0.2) is 4.79 Å². The van der Waals surface area contributed by atoms with Gasteiger partial charge in [-0.2, -0.15) is 0 Å². The predicted molar refractivity (Wildman–Crippen MR) is 180 cm³/mol. The summed E-state index contributed by atoms with van der Waals surface area (Å²) >= 11 is 0. The third-order valence-electron chi connectivity index (χ3n) is 14.6. The topological polar surface area (TPSA) is 200 Å². The number of rotatable bonds is 8. The van der Waals surface area contributed by atoms with Crippen LogP contribution in [-0.4, -0.2) is 131 Å². The van der Waals surface area contributed by atoms with Crippen LogP contribution in [0.1, 0.15) is 85.5 Å². The van der Waals surface area contributed by atoms with Gasteiger partial charge in [0.05, 0.1) is 30.5 Å². The Balaban J connectivity index is 0.999. The van der Waals surface area contributed by atoms with Crippen molar-refractivity contribution < 1.29 is 68.3 Å². The van der Waals surface area contributed by atoms with Crippen LogP contribution in [0.4, 0.5) is 0 Å². The van der Waals surface area contributed by atoms with Gasteiger partial charge in [0.1, 0.15) is 43.2 Å². The Bertz CT molecular complexity index is 1370. The molecule has 52 heavy (non-hydrogen) atoms. The van der Waals surface area contributed by atoms with Gasteiger partial charge in [0.2, 0.25) is 0 Å². The van der Waals surface area contributed by atoms with Gasteiger partial charge in [-0.05, 0) is 80.6 Å². The molecule has 7 aliphatic rings. The molecule has 0 bridgehead atoms. The number of ether oxygens (including phenoxy) is 7. The van der Waals surface area contributed by atoms with Gasteiger partial charge < -0.3 is 58.7 Å². The summed E-state index contributed by atoms with van der Waals surface area (Å²) in [5, 5.41) is 53.3. The Morgan fingerprint density at radius 3 is 2.40 bits per heavy atom. The number of esters is 2. The second kappa shape index (κ2) is 14.4. The average Bonchev–Trinajstić information content (AvgIpc) is 3.61. The van der Waals surface area contributed by atoms with E-state index in [0.717, 1.165) is 50.5 Å². The van der Waals surface area contributed by atoms with Gasteiger partial charge in [-0.3, -0.25) is 4.79 Å². The van der Waals surface area contributed by atoms with Crippen molar-refractivity contribution in [3.8, 4) is 0 Å². The monoisotopic (exact) mass is 738 g/mol. The SMILES string of the molecule is CO[C@H]1C[C@H](O[C@H]2CC[C@@]3(C)[C@H](CC[C@@H]4[C@@H]3CC[C@]3(C)[C@@H](C5=CC(=O)OC5)[C@@H](OC(C)=O)C[C@]43O)C2)O[C@H](C)[C@@H]1O[C@@H]1O[C@H](CO)[C@@H](O)[C@H](O)[C@H]1O. The zero-order valence-corrected chi connectivity index (χ0v) is 30.9. The lowest BCUT2D eigenvalue weighted by Gasteiger charge is -2.63. The van der Waals surface area contributed by atoms with Crippen LogP contribution < -0.4 is 0 Å². The molecule has 14 heteroatoms. The summed E-state index contributed by atoms with van der Waals surface area (Å²) in [5.41, 5.74) is -0.799. The highest BCUT2D eigenvalue weighted by Crippen LogP contribution is 2.70. The van der Waals surface area contributed by atoms with E-state index in [9.17, 15) is 35.1 Å². The summed E-state index contributed by atoms with van der Waals surface area (Å²) in [6.45, 7) is 7.35. The summed E-state index contributed by atoms with van der Waals surface area (Å²) in [7, 11) is 1.57. The van der Waals surface area contributed by atoms with Crippen molar-refractivity contribution in [2.24, 2.45) is 34.5 Å². The number of hydrogen-bond donors (Lipinski definition) is 5. The molecule has 5 N–H and O–H groups in total. The fourth-order valence-corrected chi connectivity index (χ4v) is 11.9. The van der Waals surface area contributed by atoms with Crippen LogP contribution in [0.15, 0.2) is 11.6 Å². The molecular weight excluding hydrogens is 680 g/mol. The van der Waals surface area contributed by atoms with Crippen molar-refractivity contribution >= 4 is 11.9 Å². The molecule has 0 aromatic rings. The van der Waals surface area contributed by atoms with Crippen LogP contribution in [0.5, 0.6) is 0 Å². The lowest BCUT2D eigenvalue weighted by atomic mass is 9.43. The Morgan fingerprint density at radius 1 is 0.962 bits per heavy atom. The van der Waals surface area contributed by atoms with Crippen molar-refractivity contribution in [2.75, 3.05) is 20.3 Å². The third kappa shape index (κ3) is 6.36. The normalized spacial score (nSPS) is 51.8. The van der Waals surface area contributed by atoms with Crippen molar-refractivity contribution in [3.63, 3.8) is 0 Å². The number of aliphatic hydroxyl groups is 5. The molecule has 18 atom stereocenters. The highest BCUT2D eigenvalue weighted by Gasteiger charge is 2.71. The summed E-state index contributed by atoms with van der Waals surface area (Å²) in [6, 6.07) is 0. The molecule has 0 unspecified atom stereocenters. The van der Waals surface area contributed by atoms with Crippen LogP contribution in [-0.2, 0) is 42.7 Å². The predicted octanol–water partition coefficient (Wildman–Crippen LogP) is 1.51. The van der Waals surface area contributed by atoms with Gasteiger partial charge in [0, 0.05) is 44.3 Å². The molecule has 4 saturated carbocycles. The fourth-order valence-electron chi connectivity index (χ4n) is 11.9. The zero-order valence-electron chi connectivity index (χ0n) is 30.9. The summed E-state index contributed by atoms with van der Waals surface area (Å²) in [5.74, 6) is -0.323. The number of aliphatic hydroxyl groups excluding tert-OH is 4. The van der Waals surface area contributed by atoms with Crippen LogP contribution >= 0.6 is 0 Å². The largest absolute Gasteiger partial charge is 0.462 e. The Kier molecular flexibility index (Phi) is 10.7. The van der Waals surface area contributed by atoms with Crippen LogP contribution in [0.2, 0.25) is 0 Å². The Labute approximate surface area is 305 Å². The maximum Gasteiger partial charge on any atom is 0.331 e. The quantitative estimate of drug-likeness (QED) is 0.177. The van der Waals surface area contributed by atoms with E-state index in [2.05, 4.69) is 13.8 Å². The molecule has 0 spiro atoms. The second-order valence-corrected chi connectivity index (χ2v) is 17.1. The summed E-state index contributed by atoms with van der Waals surface area (Å²) in [6.07, 6.45) is -1.29. The van der Waals surface area contributed by atoms with Crippen molar-refractivity contribution in [3.05, 3.63) is 11.6 Å². The maximum absolute atomic E-state index is 12.8. The molecule has 6 fully saturated rings. The molecule has 7 rings (SSSR count). The number of fused-ring (bicyclic) bond motifs is 5. The van der Waals surface area contributed by atoms with Crippen LogP contribution in [0.25, 0.3) is 0 Å². The van der Waals surface area contributed by atoms with Crippen LogP contribution in [0, 0.1) is 34.5 Å². The van der Waals surface area contributed by atoms with Crippen molar-refractivity contribution in [1.29, 1.82) is 0 Å². The number of carbonyl (C=O) groups is 2. The second-order valence-electron chi connectivity index (χ2n) is 17.1. The molecule has 14 nitrogen and oxygen atoms in total. The molecule has 0 radical (unpaired) electrons. The van der Waals surface area contributed by atoms with Gasteiger partial charge in [-0.15, -0.1) is 0 Å². The van der Waals surface area contributed by atoms with E-state index in [1.165, 1.54) is 13.0 Å². The highest BCUT2D eigenvalue weighted by molar-refractivity contribution is 5.85. The van der Waals surface area contributed by atoms with E-state index >= 15 is 0 Å². The standard InChI is InChI=1S/C38H58O14/c1-18-34(52-35-33(44)32(43)31(42)27(16-39)51-35)25(46-5)14-29(48-18)50-22-8-10-36(3)21(13-22)6-7-24-23(36)9-11-37(4)30(20-12-28(41)47-17-20)26(49-19(2)40)15-38(24,37)45/h12,18,21-27,29-35,39,42-45H,6-11,13-17H2,1-5H3/t18-,21-,22+,23+,24-,25+,26+,27-,29+,30+,31-,32+,33-,34+,35+,36+,37-,38+/m1/s1. The molecule has 294 valence electrons. The number of carbonyl (C=O) groups excluding carboxylic acids is 2. The van der Waals surface area contributed by atoms with Gasteiger partial charge in [-0.1, -0.05) is 13.8 Å². The first-order valence-corrected chi connectivity index (χ1v) is 19.2. The first-order valence-electron chi connectivity index (χ1n) is 19.2. The average molecular weight is 739 g/mol. The van der Waals surface area contributed by atoms with E-state index in [4.69, 9.17) is 33.2 Å². The zero-order chi connectivity index (χ0) is 37.3. The first kappa shape index (κ1) is 38.6. The fraction of sp³-hybridized carbons (Fsp3) is 0.895. The van der Waals surface area contributed by atoms with Crippen LogP contribution in [0.3, 0.4) is 0 Å². The van der Waals surface area contributed by atoms with Gasteiger partial charge in [0.25, 0.3) is 0 Å². The lowest BCUT2D eigenvalue weighted by molar-refractivity contribution is -0.345. The summed E-state index contributed by atoms with van der Waals surface area (Å²) < 4.78 is 41.6. The first-order chi connectivity index (χ1) is 24.6. The molecule has 3 aliphatic heterocycles. The Morgan fingerprint density at radius 2 is 1.73 bits per heavy atom. The molecule has 0 aromatic carbocycles. The van der Waals surface area contributed by atoms with E-state index in [-0.39, 0.29) is 41.9 Å². The minimum Gasteiger partial charge on any atom is -0.462 e. The maximum atomic E-state index is 12.8. The lowest BCUT2D eigenvalue weighted by Crippen LogP contribution is -2.62. The smallest absolute Gasteiger partial charge is 0.331 e. The molecule has 0 amide bonds.